The molecule has 1 saturated heterocycles. The minimum absolute atomic E-state index is 0.291. The summed E-state index contributed by atoms with van der Waals surface area (Å²) >= 11 is 0. The van der Waals surface area contributed by atoms with Gasteiger partial charge in [0, 0.05) is 45.0 Å². The van der Waals surface area contributed by atoms with Crippen molar-refractivity contribution in [2.75, 3.05) is 50.8 Å². The number of hydrogen-bond donors (Lipinski definition) is 1. The third-order valence-corrected chi connectivity index (χ3v) is 3.97. The molecule has 1 aromatic carbocycles. The monoisotopic (exact) mass is 292 g/mol. The van der Waals surface area contributed by atoms with Gasteiger partial charge in [0.2, 0.25) is 0 Å². The molecule has 0 spiro atoms. The maximum atomic E-state index is 8.88. The molecule has 118 valence electrons. The Hall–Kier alpha value is -1.26. The van der Waals surface area contributed by atoms with Crippen LogP contribution in [0.1, 0.15) is 26.2 Å². The predicted molar refractivity (Wildman–Crippen MR) is 87.2 cm³/mol. The summed E-state index contributed by atoms with van der Waals surface area (Å²) in [6.07, 6.45) is 3.15. The van der Waals surface area contributed by atoms with Crippen LogP contribution in [0, 0.1) is 0 Å². The highest BCUT2D eigenvalue weighted by molar-refractivity contribution is 5.49. The zero-order valence-electron chi connectivity index (χ0n) is 13.1. The smallest absolute Gasteiger partial charge is 0.119 e. The average molecular weight is 292 g/mol. The molecule has 1 N–H and O–H groups in total. The molecule has 0 amide bonds. The van der Waals surface area contributed by atoms with Gasteiger partial charge in [-0.3, -0.25) is 4.90 Å². The molecule has 0 saturated carbocycles. The number of unbranched alkanes of at least 4 members (excludes halogenated alkanes) is 1. The largest absolute Gasteiger partial charge is 0.494 e. The zero-order valence-corrected chi connectivity index (χ0v) is 13.1. The molecule has 0 atom stereocenters. The van der Waals surface area contributed by atoms with Gasteiger partial charge < -0.3 is 14.7 Å². The third kappa shape index (κ3) is 5.21. The van der Waals surface area contributed by atoms with Crippen molar-refractivity contribution in [1.82, 2.24) is 4.90 Å². The maximum Gasteiger partial charge on any atom is 0.119 e. The topological polar surface area (TPSA) is 35.9 Å². The van der Waals surface area contributed by atoms with Crippen LogP contribution in [-0.4, -0.2) is 55.9 Å². The van der Waals surface area contributed by atoms with Gasteiger partial charge in [-0.15, -0.1) is 0 Å². The van der Waals surface area contributed by atoms with Gasteiger partial charge in [-0.25, -0.2) is 0 Å². The van der Waals surface area contributed by atoms with Crippen LogP contribution in [-0.2, 0) is 0 Å². The Labute approximate surface area is 128 Å². The number of aliphatic hydroxyl groups excluding tert-OH is 1. The van der Waals surface area contributed by atoms with Gasteiger partial charge in [0.15, 0.2) is 0 Å². The van der Waals surface area contributed by atoms with Gasteiger partial charge in [-0.05, 0) is 37.1 Å². The molecule has 1 fully saturated rings. The number of aliphatic hydroxyl groups is 1. The van der Waals surface area contributed by atoms with Crippen molar-refractivity contribution < 1.29 is 9.84 Å². The van der Waals surface area contributed by atoms with E-state index in [2.05, 4.69) is 41.0 Å². The Morgan fingerprint density at radius 1 is 1.05 bits per heavy atom. The Kier molecular flexibility index (Phi) is 6.83. The first-order chi connectivity index (χ1) is 10.3. The molecule has 21 heavy (non-hydrogen) atoms. The van der Waals surface area contributed by atoms with Crippen molar-refractivity contribution in [3.8, 4) is 5.75 Å². The molecule has 1 aliphatic heterocycles. The second-order valence-electron chi connectivity index (χ2n) is 5.60. The first-order valence-corrected chi connectivity index (χ1v) is 8.14. The second-order valence-corrected chi connectivity index (χ2v) is 5.60. The van der Waals surface area contributed by atoms with Crippen LogP contribution in [0.3, 0.4) is 0 Å². The molecule has 1 aliphatic rings. The number of hydrogen-bond acceptors (Lipinski definition) is 4. The SMILES string of the molecule is CCCCOc1ccc(N2CCN(CCCO)CC2)cc1. The minimum atomic E-state index is 0.291. The standard InChI is InChI=1S/C17H28N2O2/c1-2-3-15-21-17-7-5-16(6-8-17)19-12-10-18(11-13-19)9-4-14-20/h5-8,20H,2-4,9-15H2,1H3. The summed E-state index contributed by atoms with van der Waals surface area (Å²) in [4.78, 5) is 4.85. The van der Waals surface area contributed by atoms with Crippen molar-refractivity contribution >= 4 is 5.69 Å². The lowest BCUT2D eigenvalue weighted by molar-refractivity contribution is 0.216. The van der Waals surface area contributed by atoms with Crippen molar-refractivity contribution in [3.63, 3.8) is 0 Å². The number of benzene rings is 1. The Balaban J connectivity index is 1.78. The number of anilines is 1. The lowest BCUT2D eigenvalue weighted by Gasteiger charge is -2.36. The average Bonchev–Trinajstić information content (AvgIpc) is 2.54. The highest BCUT2D eigenvalue weighted by Gasteiger charge is 2.16. The summed E-state index contributed by atoms with van der Waals surface area (Å²) < 4.78 is 5.70. The summed E-state index contributed by atoms with van der Waals surface area (Å²) in [7, 11) is 0. The van der Waals surface area contributed by atoms with E-state index in [0.717, 1.165) is 57.9 Å². The third-order valence-electron chi connectivity index (χ3n) is 3.97. The van der Waals surface area contributed by atoms with Crippen LogP contribution in [0.25, 0.3) is 0 Å². The number of rotatable bonds is 8. The molecule has 0 aliphatic carbocycles. The van der Waals surface area contributed by atoms with E-state index in [1.165, 1.54) is 12.1 Å². The summed E-state index contributed by atoms with van der Waals surface area (Å²) in [6.45, 7) is 8.55. The first kappa shape index (κ1) is 16.1. The Morgan fingerprint density at radius 3 is 2.38 bits per heavy atom. The summed E-state index contributed by atoms with van der Waals surface area (Å²) in [6, 6.07) is 8.46. The fourth-order valence-corrected chi connectivity index (χ4v) is 2.61. The predicted octanol–water partition coefficient (Wildman–Crippen LogP) is 2.37. The van der Waals surface area contributed by atoms with Crippen LogP contribution >= 0.6 is 0 Å². The van der Waals surface area contributed by atoms with Gasteiger partial charge in [0.25, 0.3) is 0 Å². The molecule has 4 heteroatoms. The first-order valence-electron chi connectivity index (χ1n) is 8.14. The lowest BCUT2D eigenvalue weighted by Crippen LogP contribution is -2.46. The van der Waals surface area contributed by atoms with E-state index in [1.807, 2.05) is 0 Å². The van der Waals surface area contributed by atoms with Crippen LogP contribution in [0.4, 0.5) is 5.69 Å². The number of nitrogens with zero attached hydrogens (tertiary/aromatic N) is 2. The van der Waals surface area contributed by atoms with Gasteiger partial charge in [-0.2, -0.15) is 0 Å². The Morgan fingerprint density at radius 2 is 1.76 bits per heavy atom. The molecule has 2 rings (SSSR count). The molecule has 0 aromatic heterocycles. The summed E-state index contributed by atoms with van der Waals surface area (Å²) in [5.74, 6) is 0.966. The molecule has 4 nitrogen and oxygen atoms in total. The maximum absolute atomic E-state index is 8.88. The van der Waals surface area contributed by atoms with Crippen LogP contribution < -0.4 is 9.64 Å². The lowest BCUT2D eigenvalue weighted by atomic mass is 10.2. The fourth-order valence-electron chi connectivity index (χ4n) is 2.61. The summed E-state index contributed by atoms with van der Waals surface area (Å²) in [5.41, 5.74) is 1.28. The van der Waals surface area contributed by atoms with Gasteiger partial charge in [-0.1, -0.05) is 13.3 Å². The van der Waals surface area contributed by atoms with Crippen LogP contribution in [0.5, 0.6) is 5.75 Å². The molecule has 0 unspecified atom stereocenters. The summed E-state index contributed by atoms with van der Waals surface area (Å²) in [5, 5.41) is 8.88. The van der Waals surface area contributed by atoms with E-state index in [4.69, 9.17) is 9.84 Å². The van der Waals surface area contributed by atoms with Crippen molar-refractivity contribution in [3.05, 3.63) is 24.3 Å². The van der Waals surface area contributed by atoms with Crippen LogP contribution in [0.2, 0.25) is 0 Å². The van der Waals surface area contributed by atoms with E-state index in [9.17, 15) is 0 Å². The van der Waals surface area contributed by atoms with Crippen molar-refractivity contribution in [2.45, 2.75) is 26.2 Å². The van der Waals surface area contributed by atoms with Gasteiger partial charge >= 0.3 is 0 Å². The number of piperazine rings is 1. The van der Waals surface area contributed by atoms with E-state index in [-0.39, 0.29) is 0 Å². The van der Waals surface area contributed by atoms with E-state index >= 15 is 0 Å². The normalized spacial score (nSPS) is 16.2. The van der Waals surface area contributed by atoms with E-state index in [0.29, 0.717) is 6.61 Å². The Bertz CT molecular complexity index is 386. The van der Waals surface area contributed by atoms with Crippen molar-refractivity contribution in [1.29, 1.82) is 0 Å². The fraction of sp³-hybridized carbons (Fsp3) is 0.647. The second kappa shape index (κ2) is 8.90. The van der Waals surface area contributed by atoms with Crippen LogP contribution in [0.15, 0.2) is 24.3 Å². The minimum Gasteiger partial charge on any atom is -0.494 e. The highest BCUT2D eigenvalue weighted by Crippen LogP contribution is 2.21. The molecular weight excluding hydrogens is 264 g/mol. The number of ether oxygens (including phenoxy) is 1. The van der Waals surface area contributed by atoms with E-state index in [1.54, 1.807) is 0 Å². The zero-order chi connectivity index (χ0) is 14.9. The van der Waals surface area contributed by atoms with E-state index < -0.39 is 0 Å². The molecule has 0 bridgehead atoms. The molecule has 1 aromatic rings. The van der Waals surface area contributed by atoms with Gasteiger partial charge in [0.05, 0.1) is 6.61 Å². The molecule has 1 heterocycles. The highest BCUT2D eigenvalue weighted by atomic mass is 16.5. The van der Waals surface area contributed by atoms with Gasteiger partial charge in [0.1, 0.15) is 5.75 Å². The molecule has 0 radical (unpaired) electrons. The quantitative estimate of drug-likeness (QED) is 0.746. The molecular formula is C17H28N2O2. The van der Waals surface area contributed by atoms with Crippen molar-refractivity contribution in [2.24, 2.45) is 0 Å².